The summed E-state index contributed by atoms with van der Waals surface area (Å²) in [5.41, 5.74) is 7.13. The number of halogens is 3. The van der Waals surface area contributed by atoms with E-state index in [2.05, 4.69) is 43.7 Å². The average molecular weight is 1030 g/mol. The fourth-order valence-corrected chi connectivity index (χ4v) is 13.6. The molecule has 4 aliphatic heterocycles. The van der Waals surface area contributed by atoms with Gasteiger partial charge in [0.2, 0.25) is 17.7 Å². The SMILES string of the molecule is Cn1nc(N2CCC(=O)NC2=O)c2ccc(C3CCN(CC4CCN(C(=O)C56CCC(NCC[C@@]7(c8ccccc8)Cc8c(cc(F)c(Cl)c8-c8c(C(N)=O)ccc(OCCO)c8F)O7)(CC5)C6)CC4)CC3)cc21. The highest BCUT2D eigenvalue weighted by atomic mass is 35.5. The molecule has 5 amide bonds. The number of amides is 5. The van der Waals surface area contributed by atoms with E-state index in [9.17, 15) is 24.3 Å². The molecule has 3 saturated heterocycles. The third-order valence-electron chi connectivity index (χ3n) is 17.3. The van der Waals surface area contributed by atoms with Gasteiger partial charge >= 0.3 is 6.03 Å². The van der Waals surface area contributed by atoms with Crippen LogP contribution in [0, 0.1) is 23.0 Å². The van der Waals surface area contributed by atoms with Crippen LogP contribution in [-0.4, -0.2) is 113 Å². The van der Waals surface area contributed by atoms with Crippen molar-refractivity contribution < 1.29 is 42.5 Å². The number of rotatable bonds is 15. The van der Waals surface area contributed by atoms with Gasteiger partial charge in [0.05, 0.1) is 28.1 Å². The minimum atomic E-state index is -1.02. The van der Waals surface area contributed by atoms with Gasteiger partial charge in [-0.05, 0) is 125 Å². The van der Waals surface area contributed by atoms with Gasteiger partial charge in [-0.15, -0.1) is 0 Å². The summed E-state index contributed by atoms with van der Waals surface area (Å²) in [7, 11) is 1.89. The molecule has 15 nitrogen and oxygen atoms in total. The number of primary amides is 1. The van der Waals surface area contributed by atoms with Crippen molar-refractivity contribution in [3.63, 3.8) is 0 Å². The zero-order valence-electron chi connectivity index (χ0n) is 41.7. The molecule has 5 fully saturated rings. The number of anilines is 1. The number of hydrogen-bond donors (Lipinski definition) is 4. The molecule has 0 unspecified atom stereocenters. The van der Waals surface area contributed by atoms with Crippen molar-refractivity contribution in [2.45, 2.75) is 94.1 Å². The summed E-state index contributed by atoms with van der Waals surface area (Å²) in [5.74, 6) is -1.24. The lowest BCUT2D eigenvalue weighted by Gasteiger charge is -2.40. The Morgan fingerprint density at radius 3 is 2.43 bits per heavy atom. The number of imide groups is 1. The van der Waals surface area contributed by atoms with Gasteiger partial charge in [0.25, 0.3) is 0 Å². The molecular weight excluding hydrogens is 970 g/mol. The minimum Gasteiger partial charge on any atom is -0.488 e. The predicted molar refractivity (Wildman–Crippen MR) is 275 cm³/mol. The molecule has 1 aromatic heterocycles. The third-order valence-corrected chi connectivity index (χ3v) is 17.7. The molecule has 11 rings (SSSR count). The van der Waals surface area contributed by atoms with Crippen molar-refractivity contribution in [1.29, 1.82) is 0 Å². The van der Waals surface area contributed by atoms with Crippen LogP contribution in [0.25, 0.3) is 22.0 Å². The number of likely N-dealkylation sites (tertiary alicyclic amines) is 2. The van der Waals surface area contributed by atoms with Crippen LogP contribution in [-0.2, 0) is 28.7 Å². The summed E-state index contributed by atoms with van der Waals surface area (Å²) >= 11 is 6.70. The molecule has 2 aliphatic carbocycles. The quantitative estimate of drug-likeness (QED) is 0.0810. The van der Waals surface area contributed by atoms with Crippen LogP contribution >= 0.6 is 11.6 Å². The van der Waals surface area contributed by atoms with Gasteiger partial charge < -0.3 is 35.4 Å². The number of urea groups is 1. The first kappa shape index (κ1) is 50.0. The number of piperidine rings is 2. The monoisotopic (exact) mass is 1030 g/mol. The van der Waals surface area contributed by atoms with E-state index in [1.807, 2.05) is 42.1 Å². The second kappa shape index (κ2) is 19.9. The topological polar surface area (TPSA) is 185 Å². The number of ether oxygens (including phenoxy) is 2. The van der Waals surface area contributed by atoms with Crippen LogP contribution in [0.4, 0.5) is 19.4 Å². The second-order valence-corrected chi connectivity index (χ2v) is 22.0. The summed E-state index contributed by atoms with van der Waals surface area (Å²) in [5, 5.41) is 20.8. The van der Waals surface area contributed by atoms with Gasteiger partial charge in [-0.2, -0.15) is 5.10 Å². The first-order chi connectivity index (χ1) is 35.7. The van der Waals surface area contributed by atoms with Gasteiger partial charge in [-0.3, -0.25) is 29.3 Å². The van der Waals surface area contributed by atoms with Crippen LogP contribution in [0.1, 0.15) is 104 Å². The summed E-state index contributed by atoms with van der Waals surface area (Å²) < 4.78 is 46.3. The maximum atomic E-state index is 16.4. The molecule has 5 N–H and O–H groups in total. The van der Waals surface area contributed by atoms with E-state index >= 15 is 8.78 Å². The van der Waals surface area contributed by atoms with Crippen molar-refractivity contribution in [3.8, 4) is 22.6 Å². The molecule has 2 bridgehead atoms. The van der Waals surface area contributed by atoms with Gasteiger partial charge in [0.1, 0.15) is 23.8 Å². The van der Waals surface area contributed by atoms with Crippen molar-refractivity contribution in [2.24, 2.45) is 24.1 Å². The summed E-state index contributed by atoms with van der Waals surface area (Å²) in [4.78, 5) is 57.9. The van der Waals surface area contributed by atoms with Gasteiger partial charge in [0, 0.05) is 86.2 Å². The molecule has 74 heavy (non-hydrogen) atoms. The number of benzene rings is 4. The molecule has 390 valence electrons. The lowest BCUT2D eigenvalue weighted by Crippen LogP contribution is -2.49. The number of aryl methyl sites for hydroxylation is 1. The van der Waals surface area contributed by atoms with Crippen LogP contribution in [0.3, 0.4) is 0 Å². The second-order valence-electron chi connectivity index (χ2n) is 21.6. The van der Waals surface area contributed by atoms with Crippen LogP contribution < -0.4 is 30.7 Å². The normalized spacial score (nSPS) is 24.4. The van der Waals surface area contributed by atoms with E-state index < -0.39 is 29.2 Å². The number of aromatic nitrogens is 2. The maximum absolute atomic E-state index is 16.4. The Balaban J connectivity index is 0.701. The van der Waals surface area contributed by atoms with Gasteiger partial charge in [0.15, 0.2) is 17.4 Å². The first-order valence-corrected chi connectivity index (χ1v) is 26.5. The third kappa shape index (κ3) is 9.06. The van der Waals surface area contributed by atoms with Crippen molar-refractivity contribution >= 4 is 52.1 Å². The highest BCUT2D eigenvalue weighted by Crippen LogP contribution is 2.58. The van der Waals surface area contributed by atoms with E-state index in [0.29, 0.717) is 48.6 Å². The Morgan fingerprint density at radius 2 is 1.72 bits per heavy atom. The Kier molecular flexibility index (Phi) is 13.4. The van der Waals surface area contributed by atoms with Crippen molar-refractivity contribution in [2.75, 3.05) is 63.9 Å². The molecule has 0 spiro atoms. The van der Waals surface area contributed by atoms with Crippen molar-refractivity contribution in [3.05, 3.63) is 106 Å². The molecule has 18 heteroatoms. The molecule has 6 aliphatic rings. The number of nitrogens with one attached hydrogen (secondary N) is 2. The predicted octanol–water partition coefficient (Wildman–Crippen LogP) is 7.72. The molecule has 0 radical (unpaired) electrons. The Labute approximate surface area is 433 Å². The van der Waals surface area contributed by atoms with Gasteiger partial charge in [-0.25, -0.2) is 13.6 Å². The smallest absolute Gasteiger partial charge is 0.329 e. The van der Waals surface area contributed by atoms with E-state index in [1.54, 1.807) is 4.90 Å². The highest BCUT2D eigenvalue weighted by molar-refractivity contribution is 6.34. The number of carbonyl (C=O) groups is 4. The van der Waals surface area contributed by atoms with Crippen LogP contribution in [0.5, 0.6) is 11.5 Å². The number of carbonyl (C=O) groups excluding carboxylic acids is 4. The number of hydrogen-bond acceptors (Lipinski definition) is 10. The number of aliphatic hydroxyl groups excluding tert-OH is 1. The fourth-order valence-electron chi connectivity index (χ4n) is 13.4. The summed E-state index contributed by atoms with van der Waals surface area (Å²) in [6.07, 6.45) is 9.21. The van der Waals surface area contributed by atoms with E-state index in [4.69, 9.17) is 26.8 Å². The standard InChI is InChI=1S/C56H63ClF2N8O7/c1-64-42-29-36(7-8-38(42)51(63-64)67-26-15-45(69)62-53(67)72)35-13-22-65(23-14-35)32-34-11-24-66(25-12-34)52(71)54-16-18-55(33-54,19-17-54)61-21-20-56(37-5-3-2-4-6-37)31-40-44(74-56)30-41(58)48(57)46(40)47-39(50(60)70)9-10-43(49(47)59)73-28-27-68/h2-10,29-30,34-35,61,68H,11-28,31-33H2,1H3,(H2,60,70)(H,62,69,72)/t54?,55?,56-/m0/s1. The van der Waals surface area contributed by atoms with Gasteiger partial charge in [-0.1, -0.05) is 48.0 Å². The summed E-state index contributed by atoms with van der Waals surface area (Å²) in [6.45, 7) is 4.89. The minimum absolute atomic E-state index is 0.0352. The molecule has 5 aromatic rings. The average Bonchev–Trinajstić information content (AvgIpc) is 4.17. The zero-order valence-corrected chi connectivity index (χ0v) is 42.5. The Hall–Kier alpha value is -6.14. The van der Waals surface area contributed by atoms with Crippen molar-refractivity contribution in [1.82, 2.24) is 30.2 Å². The zero-order chi connectivity index (χ0) is 51.5. The highest BCUT2D eigenvalue weighted by Gasteiger charge is 2.59. The van der Waals surface area contributed by atoms with E-state index in [-0.39, 0.29) is 76.1 Å². The number of nitrogens with zero attached hydrogens (tertiary/aromatic N) is 5. The number of fused-ring (bicyclic) bond motifs is 4. The molecule has 5 heterocycles. The number of aliphatic hydroxyl groups is 1. The Bertz CT molecular complexity index is 3020. The first-order valence-electron chi connectivity index (χ1n) is 26.2. The lowest BCUT2D eigenvalue weighted by atomic mass is 9.81. The van der Waals surface area contributed by atoms with Crippen LogP contribution in [0.15, 0.2) is 66.7 Å². The largest absolute Gasteiger partial charge is 0.488 e. The van der Waals surface area contributed by atoms with E-state index in [0.717, 1.165) is 107 Å². The Morgan fingerprint density at radius 1 is 0.959 bits per heavy atom. The molecular formula is C56H63ClF2N8O7. The lowest BCUT2D eigenvalue weighted by molar-refractivity contribution is -0.143. The fraction of sp³-hybridized carbons (Fsp3) is 0.482. The number of nitrogens with two attached hydrogens (primary N) is 1. The molecule has 1 atom stereocenters. The maximum Gasteiger partial charge on any atom is 0.329 e. The molecule has 4 aromatic carbocycles. The summed E-state index contributed by atoms with van der Waals surface area (Å²) in [6, 6.07) is 19.4. The van der Waals surface area contributed by atoms with Crippen LogP contribution in [0.2, 0.25) is 5.02 Å². The molecule has 2 saturated carbocycles. The van der Waals surface area contributed by atoms with E-state index in [1.165, 1.54) is 23.8 Å².